The topological polar surface area (TPSA) is 17.0 Å². The maximum absolute atomic E-state index is 3.51. The monoisotopic (exact) mass is 244 g/mol. The third-order valence-electron chi connectivity index (χ3n) is 3.33. The fraction of sp³-hybridized carbons (Fsp3) is 0.500. The van der Waals surface area contributed by atoms with Crippen LogP contribution in [0.3, 0.4) is 0 Å². The Hall–Kier alpha value is -1.28. The van der Waals surface area contributed by atoms with Gasteiger partial charge in [0.2, 0.25) is 0 Å². The summed E-state index contributed by atoms with van der Waals surface area (Å²) in [5.74, 6) is 0.797. The van der Waals surface area contributed by atoms with E-state index >= 15 is 0 Å². The van der Waals surface area contributed by atoms with E-state index in [0.29, 0.717) is 0 Å². The number of hydrogen-bond acceptors (Lipinski definition) is 1. The summed E-state index contributed by atoms with van der Waals surface area (Å²) < 4.78 is 2.35. The van der Waals surface area contributed by atoms with Crippen LogP contribution in [-0.2, 0) is 6.54 Å². The van der Waals surface area contributed by atoms with Crippen molar-refractivity contribution in [3.63, 3.8) is 0 Å². The maximum atomic E-state index is 3.51. The van der Waals surface area contributed by atoms with E-state index in [1.165, 1.54) is 23.7 Å². The normalized spacial score (nSPS) is 11.5. The zero-order valence-corrected chi connectivity index (χ0v) is 11.5. The summed E-state index contributed by atoms with van der Waals surface area (Å²) >= 11 is 0. The van der Waals surface area contributed by atoms with Gasteiger partial charge in [-0.1, -0.05) is 32.0 Å². The van der Waals surface area contributed by atoms with Crippen LogP contribution in [0.4, 0.5) is 0 Å². The van der Waals surface area contributed by atoms with Gasteiger partial charge in [0.05, 0.1) is 0 Å². The summed E-state index contributed by atoms with van der Waals surface area (Å²) in [5.41, 5.74) is 1.35. The van der Waals surface area contributed by atoms with E-state index in [2.05, 4.69) is 60.3 Å². The van der Waals surface area contributed by atoms with Crippen LogP contribution < -0.4 is 5.32 Å². The number of aromatic nitrogens is 1. The molecular weight excluding hydrogens is 220 g/mol. The summed E-state index contributed by atoms with van der Waals surface area (Å²) in [5, 5.41) is 4.85. The fourth-order valence-electron chi connectivity index (χ4n) is 2.23. The second-order valence-corrected chi connectivity index (χ2v) is 5.35. The lowest BCUT2D eigenvalue weighted by Crippen LogP contribution is -2.19. The van der Waals surface area contributed by atoms with Crippen LogP contribution in [0.1, 0.15) is 26.7 Å². The summed E-state index contributed by atoms with van der Waals surface area (Å²) in [6, 6.07) is 10.8. The molecule has 0 saturated carbocycles. The van der Waals surface area contributed by atoms with E-state index < -0.39 is 0 Å². The van der Waals surface area contributed by atoms with E-state index in [0.717, 1.165) is 25.6 Å². The van der Waals surface area contributed by atoms with E-state index in [9.17, 15) is 0 Å². The van der Waals surface area contributed by atoms with Gasteiger partial charge in [-0.15, -0.1) is 0 Å². The first-order valence-corrected chi connectivity index (χ1v) is 7.02. The van der Waals surface area contributed by atoms with Gasteiger partial charge in [0.25, 0.3) is 0 Å². The number of para-hydroxylation sites is 1. The minimum absolute atomic E-state index is 0.797. The molecule has 0 aliphatic rings. The molecule has 0 aliphatic carbocycles. The van der Waals surface area contributed by atoms with E-state index in [-0.39, 0.29) is 0 Å². The number of aryl methyl sites for hydroxylation is 1. The third kappa shape index (κ3) is 3.61. The second kappa shape index (κ2) is 6.60. The first-order valence-electron chi connectivity index (χ1n) is 7.02. The van der Waals surface area contributed by atoms with Gasteiger partial charge in [-0.2, -0.15) is 0 Å². The summed E-state index contributed by atoms with van der Waals surface area (Å²) in [4.78, 5) is 0. The predicted molar refractivity (Wildman–Crippen MR) is 78.9 cm³/mol. The van der Waals surface area contributed by atoms with Gasteiger partial charge in [-0.25, -0.2) is 0 Å². The lowest BCUT2D eigenvalue weighted by Gasteiger charge is -2.08. The van der Waals surface area contributed by atoms with E-state index in [4.69, 9.17) is 0 Å². The van der Waals surface area contributed by atoms with Crippen LogP contribution in [-0.4, -0.2) is 17.7 Å². The highest BCUT2D eigenvalue weighted by molar-refractivity contribution is 5.79. The van der Waals surface area contributed by atoms with Crippen LogP contribution in [0.5, 0.6) is 0 Å². The second-order valence-electron chi connectivity index (χ2n) is 5.35. The SMILES string of the molecule is CC(C)CCNCCCn1ccc2ccccc21. The Morgan fingerprint density at radius 3 is 2.78 bits per heavy atom. The molecule has 2 nitrogen and oxygen atoms in total. The van der Waals surface area contributed by atoms with Gasteiger partial charge >= 0.3 is 0 Å². The number of nitrogens with one attached hydrogen (secondary N) is 1. The average molecular weight is 244 g/mol. The van der Waals surface area contributed by atoms with Crippen molar-refractivity contribution < 1.29 is 0 Å². The molecule has 0 spiro atoms. The molecule has 0 fully saturated rings. The molecule has 1 heterocycles. The molecule has 98 valence electrons. The Kier molecular flexibility index (Phi) is 4.82. The number of fused-ring (bicyclic) bond motifs is 1. The molecule has 2 rings (SSSR count). The number of benzene rings is 1. The summed E-state index contributed by atoms with van der Waals surface area (Å²) in [6.45, 7) is 7.90. The predicted octanol–water partition coefficient (Wildman–Crippen LogP) is 3.67. The number of rotatable bonds is 7. The lowest BCUT2D eigenvalue weighted by molar-refractivity contribution is 0.520. The van der Waals surface area contributed by atoms with Crippen molar-refractivity contribution in [1.29, 1.82) is 0 Å². The highest BCUT2D eigenvalue weighted by atomic mass is 15.0. The molecule has 0 bridgehead atoms. The highest BCUT2D eigenvalue weighted by Crippen LogP contribution is 2.15. The Bertz CT molecular complexity index is 471. The number of hydrogen-bond donors (Lipinski definition) is 1. The third-order valence-corrected chi connectivity index (χ3v) is 3.33. The Morgan fingerprint density at radius 1 is 1.11 bits per heavy atom. The van der Waals surface area contributed by atoms with Crippen LogP contribution in [0, 0.1) is 5.92 Å². The molecule has 1 aromatic heterocycles. The molecule has 0 unspecified atom stereocenters. The van der Waals surface area contributed by atoms with Crippen molar-refractivity contribution in [2.45, 2.75) is 33.2 Å². The minimum Gasteiger partial charge on any atom is -0.347 e. The first kappa shape index (κ1) is 13.2. The van der Waals surface area contributed by atoms with Crippen molar-refractivity contribution in [1.82, 2.24) is 9.88 Å². The van der Waals surface area contributed by atoms with E-state index in [1.807, 2.05) is 0 Å². The first-order chi connectivity index (χ1) is 8.77. The van der Waals surface area contributed by atoms with E-state index in [1.54, 1.807) is 0 Å². The van der Waals surface area contributed by atoms with Crippen LogP contribution in [0.15, 0.2) is 36.5 Å². The van der Waals surface area contributed by atoms with Crippen molar-refractivity contribution in [3.05, 3.63) is 36.5 Å². The molecule has 0 atom stereocenters. The Morgan fingerprint density at radius 2 is 1.94 bits per heavy atom. The minimum atomic E-state index is 0.797. The Labute approximate surface area is 110 Å². The quantitative estimate of drug-likeness (QED) is 0.735. The molecule has 0 radical (unpaired) electrons. The largest absolute Gasteiger partial charge is 0.347 e. The molecule has 0 aliphatic heterocycles. The number of nitrogens with zero attached hydrogens (tertiary/aromatic N) is 1. The van der Waals surface area contributed by atoms with Crippen molar-refractivity contribution in [3.8, 4) is 0 Å². The molecule has 2 aromatic rings. The Balaban J connectivity index is 1.74. The highest BCUT2D eigenvalue weighted by Gasteiger charge is 1.99. The molecule has 2 heteroatoms. The molecule has 0 saturated heterocycles. The standard InChI is InChI=1S/C16H24N2/c1-14(2)8-11-17-10-5-12-18-13-9-15-6-3-4-7-16(15)18/h3-4,6-7,9,13-14,17H,5,8,10-12H2,1-2H3. The zero-order chi connectivity index (χ0) is 12.8. The van der Waals surface area contributed by atoms with Gasteiger partial charge in [0.1, 0.15) is 0 Å². The van der Waals surface area contributed by atoms with Crippen LogP contribution in [0.2, 0.25) is 0 Å². The molecular formula is C16H24N2. The maximum Gasteiger partial charge on any atom is 0.0480 e. The summed E-state index contributed by atoms with van der Waals surface area (Å²) in [6.07, 6.45) is 4.65. The van der Waals surface area contributed by atoms with Crippen molar-refractivity contribution >= 4 is 10.9 Å². The molecule has 1 aromatic carbocycles. The van der Waals surface area contributed by atoms with Gasteiger partial charge in [0.15, 0.2) is 0 Å². The smallest absolute Gasteiger partial charge is 0.0480 e. The zero-order valence-electron chi connectivity index (χ0n) is 11.5. The van der Waals surface area contributed by atoms with Crippen molar-refractivity contribution in [2.24, 2.45) is 5.92 Å². The summed E-state index contributed by atoms with van der Waals surface area (Å²) in [7, 11) is 0. The van der Waals surface area contributed by atoms with Crippen LogP contribution >= 0.6 is 0 Å². The fourth-order valence-corrected chi connectivity index (χ4v) is 2.23. The average Bonchev–Trinajstić information content (AvgIpc) is 2.77. The van der Waals surface area contributed by atoms with Crippen LogP contribution in [0.25, 0.3) is 10.9 Å². The van der Waals surface area contributed by atoms with Gasteiger partial charge in [-0.05, 0) is 49.4 Å². The van der Waals surface area contributed by atoms with Gasteiger partial charge < -0.3 is 9.88 Å². The van der Waals surface area contributed by atoms with Gasteiger partial charge in [0, 0.05) is 18.3 Å². The van der Waals surface area contributed by atoms with Crippen molar-refractivity contribution in [2.75, 3.05) is 13.1 Å². The van der Waals surface area contributed by atoms with Gasteiger partial charge in [-0.3, -0.25) is 0 Å². The lowest BCUT2D eigenvalue weighted by atomic mass is 10.1. The molecule has 0 amide bonds. The molecule has 18 heavy (non-hydrogen) atoms. The molecule has 1 N–H and O–H groups in total.